The Labute approximate surface area is 259 Å². The summed E-state index contributed by atoms with van der Waals surface area (Å²) in [5.41, 5.74) is -1.42. The predicted molar refractivity (Wildman–Crippen MR) is 170 cm³/mol. The number of piperidine rings is 2. The average molecular weight is 591 g/mol. The van der Waals surface area contributed by atoms with E-state index in [1.54, 1.807) is 0 Å². The SMILES string of the molecule is CCC1(C)CC(C(CCCCCCCCCC(=O)[O-])(C(=O)[O-])C2CC(C)(CC)NC(C)(CC)C2C)C(C)C(C)(CC)N1. The lowest BCUT2D eigenvalue weighted by Gasteiger charge is -2.65. The van der Waals surface area contributed by atoms with Gasteiger partial charge in [0.15, 0.2) is 0 Å². The second kappa shape index (κ2) is 14.8. The summed E-state index contributed by atoms with van der Waals surface area (Å²) in [6.45, 7) is 22.8. The molecule has 42 heavy (non-hydrogen) atoms. The Morgan fingerprint density at radius 3 is 1.38 bits per heavy atom. The molecular weight excluding hydrogens is 524 g/mol. The molecule has 0 radical (unpaired) electrons. The standard InChI is InChI=1S/C36H68N2O4/c1-11-32(7)24-28(26(5)34(9,13-3)37-32)36(31(41)42,23-21-19-17-15-16-18-20-22-30(39)40)29-25-33(8,12-2)38-35(10,14-4)27(29)6/h26-29,37-38H,11-25H2,1-10H3,(H,39,40)(H,41,42)/p-2. The van der Waals surface area contributed by atoms with E-state index in [4.69, 9.17) is 0 Å². The van der Waals surface area contributed by atoms with Gasteiger partial charge in [0, 0.05) is 39.5 Å². The molecule has 0 aromatic rings. The van der Waals surface area contributed by atoms with Crippen LogP contribution in [0.1, 0.15) is 166 Å². The van der Waals surface area contributed by atoms with Gasteiger partial charge in [-0.25, -0.2) is 0 Å². The number of unbranched alkanes of at least 4 members (excludes halogenated alkanes) is 6. The number of carbonyl (C=O) groups excluding carboxylic acids is 2. The van der Waals surface area contributed by atoms with Crippen LogP contribution in [0.3, 0.4) is 0 Å². The van der Waals surface area contributed by atoms with Crippen LogP contribution in [0.4, 0.5) is 0 Å². The topological polar surface area (TPSA) is 104 Å². The van der Waals surface area contributed by atoms with Crippen molar-refractivity contribution in [1.82, 2.24) is 10.6 Å². The number of nitrogens with one attached hydrogen (secondary N) is 2. The maximum absolute atomic E-state index is 14.0. The third-order valence-electron chi connectivity index (χ3n) is 12.9. The summed E-state index contributed by atoms with van der Waals surface area (Å²) in [6, 6.07) is 0. The Hall–Kier alpha value is -1.14. The molecule has 2 rings (SSSR count). The molecule has 6 nitrogen and oxygen atoms in total. The highest BCUT2D eigenvalue weighted by Gasteiger charge is 2.61. The molecule has 2 aliphatic heterocycles. The molecule has 0 amide bonds. The van der Waals surface area contributed by atoms with Crippen LogP contribution in [-0.2, 0) is 9.59 Å². The lowest BCUT2D eigenvalue weighted by molar-refractivity contribution is -0.332. The second-order valence-corrected chi connectivity index (χ2v) is 15.5. The smallest absolute Gasteiger partial charge is 0.0482 e. The largest absolute Gasteiger partial charge is 0.550 e. The van der Waals surface area contributed by atoms with Crippen LogP contribution >= 0.6 is 0 Å². The van der Waals surface area contributed by atoms with Crippen molar-refractivity contribution in [3.63, 3.8) is 0 Å². The lowest BCUT2D eigenvalue weighted by Crippen LogP contribution is -2.72. The summed E-state index contributed by atoms with van der Waals surface area (Å²) in [6.07, 6.45) is 13.0. The summed E-state index contributed by atoms with van der Waals surface area (Å²) >= 11 is 0. The van der Waals surface area contributed by atoms with E-state index >= 15 is 0 Å². The molecule has 0 bridgehead atoms. The van der Waals surface area contributed by atoms with Gasteiger partial charge in [0.25, 0.3) is 0 Å². The fourth-order valence-corrected chi connectivity index (χ4v) is 9.08. The number of aliphatic carboxylic acids is 2. The van der Waals surface area contributed by atoms with Crippen LogP contribution in [0.5, 0.6) is 0 Å². The average Bonchev–Trinajstić information content (AvgIpc) is 2.94. The normalized spacial score (nSPS) is 38.6. The van der Waals surface area contributed by atoms with E-state index in [9.17, 15) is 19.8 Å². The van der Waals surface area contributed by atoms with Crippen molar-refractivity contribution >= 4 is 11.9 Å². The fourth-order valence-electron chi connectivity index (χ4n) is 9.08. The van der Waals surface area contributed by atoms with Crippen molar-refractivity contribution in [3.05, 3.63) is 0 Å². The molecule has 0 aliphatic carbocycles. The van der Waals surface area contributed by atoms with Gasteiger partial charge in [-0.15, -0.1) is 0 Å². The minimum atomic E-state index is -0.968. The molecule has 0 aromatic heterocycles. The molecule has 246 valence electrons. The number of hydrogen-bond acceptors (Lipinski definition) is 6. The van der Waals surface area contributed by atoms with Gasteiger partial charge in [0.05, 0.1) is 0 Å². The van der Waals surface area contributed by atoms with E-state index in [2.05, 4.69) is 79.9 Å². The first-order valence-corrected chi connectivity index (χ1v) is 17.5. The monoisotopic (exact) mass is 591 g/mol. The number of carboxylic acid groups (broad SMARTS) is 2. The van der Waals surface area contributed by atoms with Crippen molar-refractivity contribution in [2.75, 3.05) is 0 Å². The highest BCUT2D eigenvalue weighted by atomic mass is 16.4. The fraction of sp³-hybridized carbons (Fsp3) is 0.944. The van der Waals surface area contributed by atoms with Crippen molar-refractivity contribution in [3.8, 4) is 0 Å². The van der Waals surface area contributed by atoms with Gasteiger partial charge in [-0.2, -0.15) is 0 Å². The molecule has 8 atom stereocenters. The number of rotatable bonds is 17. The maximum atomic E-state index is 14.0. The van der Waals surface area contributed by atoms with E-state index in [0.717, 1.165) is 77.0 Å². The Morgan fingerprint density at radius 2 is 1.05 bits per heavy atom. The van der Waals surface area contributed by atoms with Crippen molar-refractivity contribution in [2.24, 2.45) is 29.1 Å². The number of carbonyl (C=O) groups is 2. The zero-order valence-corrected chi connectivity index (χ0v) is 29.0. The Bertz CT molecular complexity index is 848. The van der Waals surface area contributed by atoms with Crippen LogP contribution < -0.4 is 20.8 Å². The third kappa shape index (κ3) is 7.92. The van der Waals surface area contributed by atoms with E-state index in [1.807, 2.05) is 0 Å². The van der Waals surface area contributed by atoms with Gasteiger partial charge < -0.3 is 30.4 Å². The summed E-state index contributed by atoms with van der Waals surface area (Å²) < 4.78 is 0. The summed E-state index contributed by atoms with van der Waals surface area (Å²) in [5, 5.41) is 32.7. The quantitative estimate of drug-likeness (QED) is 0.197. The van der Waals surface area contributed by atoms with E-state index in [-0.39, 0.29) is 52.2 Å². The van der Waals surface area contributed by atoms with Crippen LogP contribution in [-0.4, -0.2) is 34.1 Å². The lowest BCUT2D eigenvalue weighted by atomic mass is 9.47. The van der Waals surface area contributed by atoms with Gasteiger partial charge in [0.1, 0.15) is 0 Å². The van der Waals surface area contributed by atoms with Crippen LogP contribution in [0.25, 0.3) is 0 Å². The van der Waals surface area contributed by atoms with Gasteiger partial charge >= 0.3 is 0 Å². The first-order valence-electron chi connectivity index (χ1n) is 17.5. The maximum Gasteiger partial charge on any atom is 0.0482 e. The Morgan fingerprint density at radius 1 is 0.667 bits per heavy atom. The van der Waals surface area contributed by atoms with Gasteiger partial charge in [-0.3, -0.25) is 0 Å². The molecule has 8 unspecified atom stereocenters. The summed E-state index contributed by atoms with van der Waals surface area (Å²) in [5.74, 6) is -1.34. The van der Waals surface area contributed by atoms with Crippen LogP contribution in [0, 0.1) is 29.1 Å². The highest BCUT2D eigenvalue weighted by Crippen LogP contribution is 2.59. The van der Waals surface area contributed by atoms with Crippen molar-refractivity contribution in [1.29, 1.82) is 0 Å². The minimum absolute atomic E-state index is 0.0241. The first kappa shape index (κ1) is 37.0. The summed E-state index contributed by atoms with van der Waals surface area (Å²) in [4.78, 5) is 24.7. The zero-order valence-electron chi connectivity index (χ0n) is 29.0. The molecule has 6 heteroatoms. The van der Waals surface area contributed by atoms with Crippen molar-refractivity contribution < 1.29 is 19.8 Å². The minimum Gasteiger partial charge on any atom is -0.550 e. The second-order valence-electron chi connectivity index (χ2n) is 15.5. The molecule has 2 heterocycles. The molecule has 0 spiro atoms. The highest BCUT2D eigenvalue weighted by molar-refractivity contribution is 5.74. The van der Waals surface area contributed by atoms with Crippen molar-refractivity contribution in [2.45, 2.75) is 188 Å². The molecule has 2 saturated heterocycles. The first-order chi connectivity index (χ1) is 19.5. The number of hydrogen-bond donors (Lipinski definition) is 2. The predicted octanol–water partition coefficient (Wildman–Crippen LogP) is 6.15. The zero-order chi connectivity index (χ0) is 32.0. The summed E-state index contributed by atoms with van der Waals surface area (Å²) in [7, 11) is 0. The van der Waals surface area contributed by atoms with E-state index in [0.29, 0.717) is 12.8 Å². The third-order valence-corrected chi connectivity index (χ3v) is 12.9. The van der Waals surface area contributed by atoms with Gasteiger partial charge in [0.2, 0.25) is 0 Å². The van der Waals surface area contributed by atoms with E-state index in [1.165, 1.54) is 0 Å². The number of carboxylic acids is 2. The molecule has 2 fully saturated rings. The van der Waals surface area contributed by atoms with E-state index < -0.39 is 17.4 Å². The van der Waals surface area contributed by atoms with Gasteiger partial charge in [-0.05, 0) is 109 Å². The van der Waals surface area contributed by atoms with Crippen LogP contribution in [0.2, 0.25) is 0 Å². The molecular formula is C36H66N2O4-2. The van der Waals surface area contributed by atoms with Crippen LogP contribution in [0.15, 0.2) is 0 Å². The molecule has 2 aliphatic rings. The molecule has 2 N–H and O–H groups in total. The molecule has 0 aromatic carbocycles. The Kier molecular flexibility index (Phi) is 13.0. The Balaban J connectivity index is 2.51. The van der Waals surface area contributed by atoms with Gasteiger partial charge in [-0.1, -0.05) is 80.1 Å². The molecule has 0 saturated carbocycles.